The van der Waals surface area contributed by atoms with Crippen molar-refractivity contribution in [3.63, 3.8) is 0 Å². The number of amides is 2. The van der Waals surface area contributed by atoms with Gasteiger partial charge in [0.25, 0.3) is 17.6 Å². The highest BCUT2D eigenvalue weighted by Crippen LogP contribution is 2.36. The monoisotopic (exact) mass is 499 g/mol. The number of aromatic nitrogens is 1. The van der Waals surface area contributed by atoms with Gasteiger partial charge in [0.05, 0.1) is 22.2 Å². The largest absolute Gasteiger partial charge is 0.483 e. The van der Waals surface area contributed by atoms with E-state index < -0.39 is 34.2 Å². The standard InChI is InChI=1S/C25H29N3O6S/c1-4-35(32,33)27-21(29)15-34-20-12-8-11-18-22(20)23(24(30)25(26)31)19(13-16(2)3)28(18)14-17-9-6-5-7-10-17/h5-12,16H,4,13-15H2,1-3H3,(H2,26,31)(H,27,29). The van der Waals surface area contributed by atoms with Crippen molar-refractivity contribution in [2.45, 2.75) is 33.7 Å². The molecule has 0 bridgehead atoms. The minimum atomic E-state index is -3.75. The summed E-state index contributed by atoms with van der Waals surface area (Å²) in [4.78, 5) is 37.2. The Kier molecular flexibility index (Phi) is 7.96. The van der Waals surface area contributed by atoms with Crippen LogP contribution in [0.25, 0.3) is 10.9 Å². The second-order valence-electron chi connectivity index (χ2n) is 8.55. The maximum absolute atomic E-state index is 13.0. The Hall–Kier alpha value is -3.66. The molecule has 0 spiro atoms. The highest BCUT2D eigenvalue weighted by atomic mass is 32.2. The third-order valence-electron chi connectivity index (χ3n) is 5.40. The molecule has 2 aromatic carbocycles. The molecule has 0 radical (unpaired) electrons. The molecular formula is C25H29N3O6S. The second kappa shape index (κ2) is 10.7. The lowest BCUT2D eigenvalue weighted by Crippen LogP contribution is -2.35. The van der Waals surface area contributed by atoms with E-state index in [1.54, 1.807) is 18.2 Å². The highest BCUT2D eigenvalue weighted by molar-refractivity contribution is 7.90. The smallest absolute Gasteiger partial charge is 0.289 e. The number of benzene rings is 2. The average Bonchev–Trinajstić information content (AvgIpc) is 3.10. The fourth-order valence-corrected chi connectivity index (χ4v) is 4.42. The molecular weight excluding hydrogens is 470 g/mol. The summed E-state index contributed by atoms with van der Waals surface area (Å²) >= 11 is 0. The normalized spacial score (nSPS) is 11.5. The Bertz CT molecular complexity index is 1360. The van der Waals surface area contributed by atoms with Crippen LogP contribution in [0.5, 0.6) is 5.75 Å². The van der Waals surface area contributed by atoms with Crippen LogP contribution >= 0.6 is 0 Å². The predicted octanol–water partition coefficient (Wildman–Crippen LogP) is 2.40. The molecule has 0 atom stereocenters. The maximum Gasteiger partial charge on any atom is 0.289 e. The van der Waals surface area contributed by atoms with Gasteiger partial charge in [-0.3, -0.25) is 19.1 Å². The third-order valence-corrected chi connectivity index (χ3v) is 6.70. The van der Waals surface area contributed by atoms with E-state index in [1.165, 1.54) is 6.92 Å². The molecule has 0 saturated carbocycles. The Morgan fingerprint density at radius 1 is 1.06 bits per heavy atom. The van der Waals surface area contributed by atoms with E-state index in [2.05, 4.69) is 0 Å². The van der Waals surface area contributed by atoms with Gasteiger partial charge in [0.1, 0.15) is 5.75 Å². The van der Waals surface area contributed by atoms with Crippen LogP contribution in [0.2, 0.25) is 0 Å². The number of ether oxygens (including phenoxy) is 1. The Morgan fingerprint density at radius 3 is 2.34 bits per heavy atom. The first-order chi connectivity index (χ1) is 16.5. The Labute approximate surface area is 204 Å². The number of hydrogen-bond donors (Lipinski definition) is 2. The molecule has 0 fully saturated rings. The van der Waals surface area contributed by atoms with Crippen molar-refractivity contribution < 1.29 is 27.5 Å². The van der Waals surface area contributed by atoms with Gasteiger partial charge in [-0.15, -0.1) is 0 Å². The number of Topliss-reactive ketones (excluding diaryl/α,β-unsaturated/α-hetero) is 1. The van der Waals surface area contributed by atoms with Crippen molar-refractivity contribution in [1.29, 1.82) is 0 Å². The molecule has 0 aliphatic rings. The van der Waals surface area contributed by atoms with Gasteiger partial charge in [-0.1, -0.05) is 50.2 Å². The summed E-state index contributed by atoms with van der Waals surface area (Å²) in [5.41, 5.74) is 7.80. The first-order valence-corrected chi connectivity index (χ1v) is 12.9. The number of primary amides is 1. The van der Waals surface area contributed by atoms with Crippen LogP contribution in [-0.4, -0.2) is 42.9 Å². The van der Waals surface area contributed by atoms with Gasteiger partial charge >= 0.3 is 0 Å². The van der Waals surface area contributed by atoms with Gasteiger partial charge in [0.2, 0.25) is 10.0 Å². The van der Waals surface area contributed by atoms with E-state index in [0.717, 1.165) is 5.56 Å². The number of nitrogens with two attached hydrogens (primary N) is 1. The van der Waals surface area contributed by atoms with Crippen molar-refractivity contribution in [1.82, 2.24) is 9.29 Å². The fourth-order valence-electron chi connectivity index (χ4n) is 3.87. The van der Waals surface area contributed by atoms with E-state index in [0.29, 0.717) is 29.6 Å². The predicted molar refractivity (Wildman–Crippen MR) is 133 cm³/mol. The Morgan fingerprint density at radius 2 is 1.74 bits per heavy atom. The van der Waals surface area contributed by atoms with Crippen LogP contribution in [0.1, 0.15) is 42.4 Å². The first-order valence-electron chi connectivity index (χ1n) is 11.2. The van der Waals surface area contributed by atoms with Crippen molar-refractivity contribution in [2.75, 3.05) is 12.4 Å². The number of hydrogen-bond acceptors (Lipinski definition) is 6. The summed E-state index contributed by atoms with van der Waals surface area (Å²) < 4.78 is 32.9. The summed E-state index contributed by atoms with van der Waals surface area (Å²) in [5.74, 6) is -2.73. The molecule has 0 saturated heterocycles. The van der Waals surface area contributed by atoms with Gasteiger partial charge in [-0.05, 0) is 37.0 Å². The third kappa shape index (κ3) is 6.07. The van der Waals surface area contributed by atoms with Crippen molar-refractivity contribution in [3.05, 3.63) is 65.4 Å². The van der Waals surface area contributed by atoms with Crippen LogP contribution < -0.4 is 15.2 Å². The lowest BCUT2D eigenvalue weighted by molar-refractivity contribution is -0.121. The number of carbonyl (C=O) groups is 3. The van der Waals surface area contributed by atoms with Crippen LogP contribution in [0, 0.1) is 5.92 Å². The quantitative estimate of drug-likeness (QED) is 0.307. The number of nitrogens with zero attached hydrogens (tertiary/aromatic N) is 1. The number of fused-ring (bicyclic) bond motifs is 1. The van der Waals surface area contributed by atoms with Crippen molar-refractivity contribution in [2.24, 2.45) is 11.7 Å². The molecule has 9 nitrogen and oxygen atoms in total. The van der Waals surface area contributed by atoms with E-state index >= 15 is 0 Å². The zero-order chi connectivity index (χ0) is 25.8. The number of rotatable bonds is 11. The number of sulfonamides is 1. The van der Waals surface area contributed by atoms with Crippen LogP contribution in [0.4, 0.5) is 0 Å². The minimum Gasteiger partial charge on any atom is -0.483 e. The summed E-state index contributed by atoms with van der Waals surface area (Å²) in [7, 11) is -3.75. The minimum absolute atomic E-state index is 0.134. The van der Waals surface area contributed by atoms with E-state index in [1.807, 2.05) is 53.5 Å². The molecule has 10 heteroatoms. The molecule has 0 aliphatic carbocycles. The number of carbonyl (C=O) groups excluding carboxylic acids is 3. The summed E-state index contributed by atoms with van der Waals surface area (Å²) in [6, 6.07) is 14.7. The molecule has 3 aromatic rings. The second-order valence-corrected chi connectivity index (χ2v) is 10.6. The summed E-state index contributed by atoms with van der Waals surface area (Å²) in [6.45, 7) is 5.25. The van der Waals surface area contributed by atoms with Crippen molar-refractivity contribution in [3.8, 4) is 5.75 Å². The molecule has 1 heterocycles. The van der Waals surface area contributed by atoms with Gasteiger partial charge in [-0.25, -0.2) is 8.42 Å². The van der Waals surface area contributed by atoms with E-state index in [-0.39, 0.29) is 23.0 Å². The number of nitrogens with one attached hydrogen (secondary N) is 1. The summed E-state index contributed by atoms with van der Waals surface area (Å²) in [6.07, 6.45) is 0.491. The fraction of sp³-hybridized carbons (Fsp3) is 0.320. The Balaban J connectivity index is 2.17. The van der Waals surface area contributed by atoms with E-state index in [4.69, 9.17) is 10.5 Å². The molecule has 35 heavy (non-hydrogen) atoms. The molecule has 0 aliphatic heterocycles. The molecule has 0 unspecified atom stereocenters. The first kappa shape index (κ1) is 26.0. The number of ketones is 1. The van der Waals surface area contributed by atoms with Gasteiger partial charge in [-0.2, -0.15) is 0 Å². The lowest BCUT2D eigenvalue weighted by atomic mass is 9.99. The van der Waals surface area contributed by atoms with Crippen LogP contribution in [0.15, 0.2) is 48.5 Å². The zero-order valence-corrected chi connectivity index (χ0v) is 20.7. The zero-order valence-electron chi connectivity index (χ0n) is 19.9. The topological polar surface area (TPSA) is 138 Å². The molecule has 1 aromatic heterocycles. The van der Waals surface area contributed by atoms with Crippen LogP contribution in [-0.2, 0) is 32.6 Å². The lowest BCUT2D eigenvalue weighted by Gasteiger charge is -2.14. The van der Waals surface area contributed by atoms with Gasteiger partial charge in [0.15, 0.2) is 6.61 Å². The summed E-state index contributed by atoms with van der Waals surface area (Å²) in [5, 5.41) is 0.356. The van der Waals surface area contributed by atoms with Gasteiger partial charge in [0, 0.05) is 12.2 Å². The molecule has 3 rings (SSSR count). The molecule has 2 amide bonds. The van der Waals surface area contributed by atoms with Gasteiger partial charge < -0.3 is 15.0 Å². The van der Waals surface area contributed by atoms with E-state index in [9.17, 15) is 22.8 Å². The molecule has 3 N–H and O–H groups in total. The van der Waals surface area contributed by atoms with Crippen molar-refractivity contribution >= 4 is 38.5 Å². The van der Waals surface area contributed by atoms with Crippen LogP contribution in [0.3, 0.4) is 0 Å². The molecule has 186 valence electrons. The maximum atomic E-state index is 13.0. The SMILES string of the molecule is CCS(=O)(=O)NC(=O)COc1cccc2c1c(C(=O)C(N)=O)c(CC(C)C)n2Cc1ccccc1. The highest BCUT2D eigenvalue weighted by Gasteiger charge is 2.28. The average molecular weight is 500 g/mol.